The first-order valence-corrected chi connectivity index (χ1v) is 8.39. The standard InChI is InChI=1S/C19H19N5O2/c1-24-13-10-6-5-9-12(13)21-17(24)14-15(19(26)23-20)18(25)22-16(14)11-7-3-2-4-8-11/h2-10,14-16H,20H2,1H3,(H,22,25)(H,23,26). The van der Waals surface area contributed by atoms with Crippen LogP contribution in [-0.2, 0) is 16.6 Å². The number of carbonyl (C=O) groups excluding carboxylic acids is 2. The van der Waals surface area contributed by atoms with E-state index in [0.717, 1.165) is 16.6 Å². The number of hydrazine groups is 1. The van der Waals surface area contributed by atoms with Crippen molar-refractivity contribution in [3.8, 4) is 0 Å². The number of benzene rings is 2. The van der Waals surface area contributed by atoms with Crippen molar-refractivity contribution in [2.75, 3.05) is 0 Å². The van der Waals surface area contributed by atoms with E-state index in [2.05, 4.69) is 10.7 Å². The highest BCUT2D eigenvalue weighted by Crippen LogP contribution is 2.42. The molecule has 0 saturated carbocycles. The van der Waals surface area contributed by atoms with E-state index in [9.17, 15) is 9.59 Å². The molecule has 1 fully saturated rings. The second kappa shape index (κ2) is 6.27. The fraction of sp³-hybridized carbons (Fsp3) is 0.211. The highest BCUT2D eigenvalue weighted by atomic mass is 16.2. The number of rotatable bonds is 3. The Morgan fingerprint density at radius 2 is 1.85 bits per heavy atom. The average molecular weight is 349 g/mol. The Labute approximate surface area is 150 Å². The lowest BCUT2D eigenvalue weighted by atomic mass is 9.85. The molecule has 3 atom stereocenters. The van der Waals surface area contributed by atoms with E-state index in [1.165, 1.54) is 0 Å². The molecule has 132 valence electrons. The van der Waals surface area contributed by atoms with Gasteiger partial charge in [0.05, 0.1) is 23.0 Å². The lowest BCUT2D eigenvalue weighted by molar-refractivity contribution is -0.133. The number of carbonyl (C=O) groups is 2. The molecule has 1 aromatic heterocycles. The van der Waals surface area contributed by atoms with Gasteiger partial charge in [-0.1, -0.05) is 42.5 Å². The molecule has 7 nitrogen and oxygen atoms in total. The van der Waals surface area contributed by atoms with Gasteiger partial charge < -0.3 is 9.88 Å². The van der Waals surface area contributed by atoms with E-state index in [0.29, 0.717) is 5.82 Å². The molecule has 3 unspecified atom stereocenters. The molecule has 2 aromatic carbocycles. The van der Waals surface area contributed by atoms with Crippen LogP contribution in [-0.4, -0.2) is 21.4 Å². The predicted molar refractivity (Wildman–Crippen MR) is 96.6 cm³/mol. The number of nitrogens with one attached hydrogen (secondary N) is 2. The van der Waals surface area contributed by atoms with Crippen LogP contribution in [0.3, 0.4) is 0 Å². The summed E-state index contributed by atoms with van der Waals surface area (Å²) in [6, 6.07) is 17.0. The third kappa shape index (κ3) is 2.44. The lowest BCUT2D eigenvalue weighted by Gasteiger charge is -2.22. The minimum atomic E-state index is -0.944. The maximum atomic E-state index is 12.6. The number of aryl methyl sites for hydroxylation is 1. The summed E-state index contributed by atoms with van der Waals surface area (Å²) in [5, 5.41) is 2.95. The number of nitrogens with zero attached hydrogens (tertiary/aromatic N) is 2. The first kappa shape index (κ1) is 16.3. The minimum Gasteiger partial charge on any atom is -0.348 e. The van der Waals surface area contributed by atoms with Gasteiger partial charge in [0.2, 0.25) is 11.8 Å². The zero-order valence-corrected chi connectivity index (χ0v) is 14.2. The molecule has 0 radical (unpaired) electrons. The van der Waals surface area contributed by atoms with E-state index in [1.807, 2.05) is 66.2 Å². The Balaban J connectivity index is 1.89. The minimum absolute atomic E-state index is 0.348. The van der Waals surface area contributed by atoms with Gasteiger partial charge in [-0.25, -0.2) is 10.8 Å². The Morgan fingerprint density at radius 1 is 1.15 bits per heavy atom. The zero-order chi connectivity index (χ0) is 18.3. The number of nitrogens with two attached hydrogens (primary N) is 1. The average Bonchev–Trinajstić information content (AvgIpc) is 3.19. The van der Waals surface area contributed by atoms with E-state index in [-0.39, 0.29) is 11.9 Å². The molecule has 1 saturated heterocycles. The number of para-hydroxylation sites is 2. The second-order valence-corrected chi connectivity index (χ2v) is 6.43. The predicted octanol–water partition coefficient (Wildman–Crippen LogP) is 1.13. The van der Waals surface area contributed by atoms with Gasteiger partial charge in [-0.2, -0.15) is 0 Å². The highest BCUT2D eigenvalue weighted by molar-refractivity contribution is 6.03. The van der Waals surface area contributed by atoms with E-state index < -0.39 is 17.7 Å². The molecule has 0 bridgehead atoms. The Morgan fingerprint density at radius 3 is 2.54 bits per heavy atom. The molecule has 0 aliphatic carbocycles. The summed E-state index contributed by atoms with van der Waals surface area (Å²) < 4.78 is 1.94. The fourth-order valence-corrected chi connectivity index (χ4v) is 3.77. The second-order valence-electron chi connectivity index (χ2n) is 6.43. The van der Waals surface area contributed by atoms with Crippen LogP contribution in [0.5, 0.6) is 0 Å². The van der Waals surface area contributed by atoms with Crippen molar-refractivity contribution in [2.24, 2.45) is 18.8 Å². The molecule has 1 aliphatic heterocycles. The first-order chi connectivity index (χ1) is 12.6. The van der Waals surface area contributed by atoms with Gasteiger partial charge >= 0.3 is 0 Å². The maximum Gasteiger partial charge on any atom is 0.247 e. The molecule has 3 aromatic rings. The molecule has 4 N–H and O–H groups in total. The van der Waals surface area contributed by atoms with Gasteiger partial charge in [0.25, 0.3) is 0 Å². The maximum absolute atomic E-state index is 12.6. The number of hydrogen-bond acceptors (Lipinski definition) is 4. The highest BCUT2D eigenvalue weighted by Gasteiger charge is 2.49. The zero-order valence-electron chi connectivity index (χ0n) is 14.2. The van der Waals surface area contributed by atoms with Crippen LogP contribution in [0.15, 0.2) is 54.6 Å². The number of amides is 2. The summed E-state index contributed by atoms with van der Waals surface area (Å²) in [6.07, 6.45) is 0. The van der Waals surface area contributed by atoms with Gasteiger partial charge in [0.1, 0.15) is 11.7 Å². The first-order valence-electron chi connectivity index (χ1n) is 8.39. The molecule has 7 heteroatoms. The molecular formula is C19H19N5O2. The SMILES string of the molecule is Cn1c(C2C(C(=O)NN)C(=O)NC2c2ccccc2)nc2ccccc21. The van der Waals surface area contributed by atoms with Crippen molar-refractivity contribution in [3.05, 3.63) is 66.0 Å². The molecule has 2 heterocycles. The van der Waals surface area contributed by atoms with E-state index in [1.54, 1.807) is 0 Å². The van der Waals surface area contributed by atoms with Crippen LogP contribution in [0.1, 0.15) is 23.3 Å². The van der Waals surface area contributed by atoms with Crippen LogP contribution in [0.2, 0.25) is 0 Å². The van der Waals surface area contributed by atoms with Crippen molar-refractivity contribution in [3.63, 3.8) is 0 Å². The monoisotopic (exact) mass is 349 g/mol. The van der Waals surface area contributed by atoms with Crippen LogP contribution in [0, 0.1) is 5.92 Å². The van der Waals surface area contributed by atoms with Gasteiger partial charge in [-0.15, -0.1) is 0 Å². The quantitative estimate of drug-likeness (QED) is 0.285. The Kier molecular flexibility index (Phi) is 3.93. The summed E-state index contributed by atoms with van der Waals surface area (Å²) in [7, 11) is 1.90. The molecule has 2 amide bonds. The van der Waals surface area contributed by atoms with Crippen molar-refractivity contribution >= 4 is 22.8 Å². The topological polar surface area (TPSA) is 102 Å². The van der Waals surface area contributed by atoms with Crippen molar-refractivity contribution < 1.29 is 9.59 Å². The summed E-state index contributed by atoms with van der Waals surface area (Å²) in [6.45, 7) is 0. The van der Waals surface area contributed by atoms with Gasteiger partial charge in [-0.05, 0) is 17.7 Å². The summed E-state index contributed by atoms with van der Waals surface area (Å²) in [4.78, 5) is 29.7. The normalized spacial score (nSPS) is 22.4. The van der Waals surface area contributed by atoms with Crippen LogP contribution >= 0.6 is 0 Å². The number of hydrogen-bond donors (Lipinski definition) is 3. The van der Waals surface area contributed by atoms with Gasteiger partial charge in [0, 0.05) is 7.05 Å². The van der Waals surface area contributed by atoms with Crippen LogP contribution in [0.4, 0.5) is 0 Å². The molecule has 26 heavy (non-hydrogen) atoms. The van der Waals surface area contributed by atoms with Crippen LogP contribution < -0.4 is 16.6 Å². The summed E-state index contributed by atoms with van der Waals surface area (Å²) in [5.41, 5.74) is 4.81. The fourth-order valence-electron chi connectivity index (χ4n) is 3.77. The van der Waals surface area contributed by atoms with Crippen molar-refractivity contribution in [1.82, 2.24) is 20.3 Å². The van der Waals surface area contributed by atoms with E-state index in [4.69, 9.17) is 10.8 Å². The lowest BCUT2D eigenvalue weighted by Crippen LogP contribution is -2.41. The third-order valence-electron chi connectivity index (χ3n) is 5.00. The summed E-state index contributed by atoms with van der Waals surface area (Å²) >= 11 is 0. The molecular weight excluding hydrogens is 330 g/mol. The molecule has 4 rings (SSSR count). The molecule has 1 aliphatic rings. The largest absolute Gasteiger partial charge is 0.348 e. The number of aromatic nitrogens is 2. The summed E-state index contributed by atoms with van der Waals surface area (Å²) in [5.74, 6) is 3.74. The molecule has 0 spiro atoms. The smallest absolute Gasteiger partial charge is 0.247 e. The Bertz CT molecular complexity index is 982. The van der Waals surface area contributed by atoms with Crippen LogP contribution in [0.25, 0.3) is 11.0 Å². The van der Waals surface area contributed by atoms with Gasteiger partial charge in [0.15, 0.2) is 0 Å². The van der Waals surface area contributed by atoms with Gasteiger partial charge in [-0.3, -0.25) is 15.0 Å². The Hall–Kier alpha value is -3.19. The number of imidazole rings is 1. The van der Waals surface area contributed by atoms with Crippen molar-refractivity contribution in [2.45, 2.75) is 12.0 Å². The third-order valence-corrected chi connectivity index (χ3v) is 5.00. The van der Waals surface area contributed by atoms with Crippen molar-refractivity contribution in [1.29, 1.82) is 0 Å². The van der Waals surface area contributed by atoms with E-state index >= 15 is 0 Å². The number of fused-ring (bicyclic) bond motifs is 1.